The van der Waals surface area contributed by atoms with E-state index in [-0.39, 0.29) is 24.4 Å². The van der Waals surface area contributed by atoms with E-state index in [1.807, 2.05) is 0 Å². The highest BCUT2D eigenvalue weighted by Crippen LogP contribution is 2.08. The molecule has 0 saturated carbocycles. The molecule has 5 heteroatoms. The van der Waals surface area contributed by atoms with Crippen LogP contribution in [0.2, 0.25) is 0 Å². The van der Waals surface area contributed by atoms with Crippen LogP contribution in [0.1, 0.15) is 19.3 Å². The van der Waals surface area contributed by atoms with Crippen molar-refractivity contribution in [3.05, 3.63) is 0 Å². The molecule has 0 aromatic carbocycles. The zero-order chi connectivity index (χ0) is 9.10. The average Bonchev–Trinajstić information content (AvgIpc) is 2.02. The highest BCUT2D eigenvalue weighted by atomic mass is 35.5. The second kappa shape index (κ2) is 5.53. The summed E-state index contributed by atoms with van der Waals surface area (Å²) < 4.78 is 5.22. The van der Waals surface area contributed by atoms with Gasteiger partial charge in [0.15, 0.2) is 0 Å². The molecule has 2 aliphatic rings. The van der Waals surface area contributed by atoms with E-state index in [0.717, 1.165) is 39.0 Å². The van der Waals surface area contributed by atoms with Gasteiger partial charge in [0.2, 0.25) is 5.91 Å². The molecular weight excluding hydrogens is 204 g/mol. The lowest BCUT2D eigenvalue weighted by Gasteiger charge is -2.30. The van der Waals surface area contributed by atoms with Crippen LogP contribution in [0, 0.1) is 0 Å². The minimum atomic E-state index is 0. The number of rotatable bonds is 2. The van der Waals surface area contributed by atoms with Gasteiger partial charge in [-0.1, -0.05) is 0 Å². The molecule has 0 spiro atoms. The molecular formula is C9H17ClN2O2. The van der Waals surface area contributed by atoms with Crippen molar-refractivity contribution in [1.29, 1.82) is 0 Å². The van der Waals surface area contributed by atoms with Crippen molar-refractivity contribution < 1.29 is 9.53 Å². The Bertz CT molecular complexity index is 191. The summed E-state index contributed by atoms with van der Waals surface area (Å²) in [6.07, 6.45) is 2.89. The molecule has 4 nitrogen and oxygen atoms in total. The van der Waals surface area contributed by atoms with Gasteiger partial charge in [-0.05, 0) is 25.8 Å². The zero-order valence-electron chi connectivity index (χ0n) is 8.12. The van der Waals surface area contributed by atoms with E-state index in [2.05, 4.69) is 10.6 Å². The Morgan fingerprint density at radius 2 is 1.93 bits per heavy atom. The van der Waals surface area contributed by atoms with Crippen molar-refractivity contribution in [3.8, 4) is 0 Å². The molecule has 2 fully saturated rings. The van der Waals surface area contributed by atoms with E-state index in [9.17, 15) is 4.79 Å². The molecule has 1 atom stereocenters. The second-order valence-corrected chi connectivity index (χ2v) is 3.69. The van der Waals surface area contributed by atoms with Crippen LogP contribution in [-0.4, -0.2) is 37.7 Å². The van der Waals surface area contributed by atoms with Crippen LogP contribution in [0.3, 0.4) is 0 Å². The summed E-state index contributed by atoms with van der Waals surface area (Å²) in [5, 5.41) is 6.13. The van der Waals surface area contributed by atoms with Crippen LogP contribution in [0.4, 0.5) is 0 Å². The summed E-state index contributed by atoms with van der Waals surface area (Å²) in [5.41, 5.74) is 0. The molecule has 0 radical (unpaired) electrons. The number of hydrogen-bond acceptors (Lipinski definition) is 3. The Morgan fingerprint density at radius 3 is 2.43 bits per heavy atom. The van der Waals surface area contributed by atoms with E-state index >= 15 is 0 Å². The van der Waals surface area contributed by atoms with Crippen molar-refractivity contribution in [3.63, 3.8) is 0 Å². The van der Waals surface area contributed by atoms with Crippen LogP contribution in [0.15, 0.2) is 0 Å². The summed E-state index contributed by atoms with van der Waals surface area (Å²) >= 11 is 0. The maximum absolute atomic E-state index is 11.5. The Balaban J connectivity index is 0.000000980. The van der Waals surface area contributed by atoms with Gasteiger partial charge in [-0.2, -0.15) is 0 Å². The highest BCUT2D eigenvalue weighted by molar-refractivity contribution is 5.85. The van der Waals surface area contributed by atoms with Crippen molar-refractivity contribution in [1.82, 2.24) is 10.6 Å². The van der Waals surface area contributed by atoms with E-state index in [1.54, 1.807) is 0 Å². The van der Waals surface area contributed by atoms with Gasteiger partial charge >= 0.3 is 0 Å². The predicted molar refractivity (Wildman–Crippen MR) is 55.6 cm³/mol. The lowest BCUT2D eigenvalue weighted by atomic mass is 10.0. The number of hydrogen-bond donors (Lipinski definition) is 2. The third-order valence-corrected chi connectivity index (χ3v) is 2.71. The lowest BCUT2D eigenvalue weighted by Crippen LogP contribution is -2.55. The summed E-state index contributed by atoms with van der Waals surface area (Å²) in [6.45, 7) is 2.54. The Labute approximate surface area is 90.2 Å². The molecule has 0 aromatic heterocycles. The van der Waals surface area contributed by atoms with E-state index in [0.29, 0.717) is 6.04 Å². The van der Waals surface area contributed by atoms with Crippen LogP contribution >= 0.6 is 12.4 Å². The first-order valence-corrected chi connectivity index (χ1v) is 4.98. The van der Waals surface area contributed by atoms with Crippen LogP contribution < -0.4 is 10.6 Å². The fraction of sp³-hybridized carbons (Fsp3) is 0.889. The molecule has 0 unspecified atom stereocenters. The molecule has 2 heterocycles. The zero-order valence-corrected chi connectivity index (χ0v) is 8.94. The van der Waals surface area contributed by atoms with E-state index in [1.165, 1.54) is 0 Å². The topological polar surface area (TPSA) is 50.4 Å². The molecule has 0 bridgehead atoms. The Kier molecular flexibility index (Phi) is 4.65. The fourth-order valence-electron chi connectivity index (χ4n) is 1.66. The number of amides is 1. The summed E-state index contributed by atoms with van der Waals surface area (Å²) in [7, 11) is 0. The minimum Gasteiger partial charge on any atom is -0.381 e. The number of carbonyl (C=O) groups is 1. The average molecular weight is 221 g/mol. The standard InChI is InChI=1S/C9H16N2O2.ClH/c12-9(8-1-4-10-8)11-7-2-5-13-6-3-7;/h7-8,10H,1-6H2,(H,11,12);1H/t8-;/m1./s1. The van der Waals surface area contributed by atoms with Gasteiger partial charge in [-0.25, -0.2) is 0 Å². The molecule has 82 valence electrons. The first kappa shape index (κ1) is 11.8. The molecule has 1 amide bonds. The number of nitrogens with one attached hydrogen (secondary N) is 2. The van der Waals surface area contributed by atoms with Crippen molar-refractivity contribution in [2.45, 2.75) is 31.3 Å². The summed E-state index contributed by atoms with van der Waals surface area (Å²) in [6, 6.07) is 0.409. The van der Waals surface area contributed by atoms with Gasteiger partial charge in [-0.3, -0.25) is 4.79 Å². The maximum atomic E-state index is 11.5. The number of halogens is 1. The second-order valence-electron chi connectivity index (χ2n) is 3.69. The van der Waals surface area contributed by atoms with Gasteiger partial charge < -0.3 is 15.4 Å². The van der Waals surface area contributed by atoms with E-state index in [4.69, 9.17) is 4.74 Å². The summed E-state index contributed by atoms with van der Waals surface area (Å²) in [4.78, 5) is 11.5. The smallest absolute Gasteiger partial charge is 0.237 e. The SMILES string of the molecule is Cl.O=C(NC1CCOCC1)[C@H]1CCN1. The molecule has 14 heavy (non-hydrogen) atoms. The molecule has 0 aliphatic carbocycles. The first-order valence-electron chi connectivity index (χ1n) is 4.98. The fourth-order valence-corrected chi connectivity index (χ4v) is 1.66. The normalized spacial score (nSPS) is 27.3. The Hall–Kier alpha value is -0.320. The predicted octanol–water partition coefficient (Wildman–Crippen LogP) is 0.0653. The number of ether oxygens (including phenoxy) is 1. The molecule has 0 aromatic rings. The lowest BCUT2D eigenvalue weighted by molar-refractivity contribution is -0.126. The first-order chi connectivity index (χ1) is 6.36. The third-order valence-electron chi connectivity index (χ3n) is 2.71. The number of carbonyl (C=O) groups excluding carboxylic acids is 1. The van der Waals surface area contributed by atoms with Gasteiger partial charge in [-0.15, -0.1) is 12.4 Å². The van der Waals surface area contributed by atoms with Crippen LogP contribution in [0.5, 0.6) is 0 Å². The monoisotopic (exact) mass is 220 g/mol. The highest BCUT2D eigenvalue weighted by Gasteiger charge is 2.26. The van der Waals surface area contributed by atoms with Gasteiger partial charge in [0.05, 0.1) is 6.04 Å². The van der Waals surface area contributed by atoms with Crippen molar-refractivity contribution in [2.24, 2.45) is 0 Å². The van der Waals surface area contributed by atoms with Crippen molar-refractivity contribution >= 4 is 18.3 Å². The maximum Gasteiger partial charge on any atom is 0.237 e. The molecule has 2 N–H and O–H groups in total. The van der Waals surface area contributed by atoms with E-state index < -0.39 is 0 Å². The molecule has 2 aliphatic heterocycles. The van der Waals surface area contributed by atoms with Crippen molar-refractivity contribution in [2.75, 3.05) is 19.8 Å². The van der Waals surface area contributed by atoms with Gasteiger partial charge in [0, 0.05) is 19.3 Å². The van der Waals surface area contributed by atoms with Gasteiger partial charge in [0.25, 0.3) is 0 Å². The third kappa shape index (κ3) is 2.83. The van der Waals surface area contributed by atoms with Crippen LogP contribution in [0.25, 0.3) is 0 Å². The van der Waals surface area contributed by atoms with Crippen LogP contribution in [-0.2, 0) is 9.53 Å². The summed E-state index contributed by atoms with van der Waals surface area (Å²) in [5.74, 6) is 0.165. The largest absolute Gasteiger partial charge is 0.381 e. The minimum absolute atomic E-state index is 0. The molecule has 2 saturated heterocycles. The molecule has 2 rings (SSSR count). The quantitative estimate of drug-likeness (QED) is 0.693. The van der Waals surface area contributed by atoms with Gasteiger partial charge in [0.1, 0.15) is 0 Å². The Morgan fingerprint density at radius 1 is 1.29 bits per heavy atom.